The van der Waals surface area contributed by atoms with Crippen LogP contribution >= 0.6 is 0 Å². The van der Waals surface area contributed by atoms with Gasteiger partial charge in [0, 0.05) is 25.3 Å². The summed E-state index contributed by atoms with van der Waals surface area (Å²) in [5.74, 6) is 0.951. The Morgan fingerprint density at radius 3 is 2.58 bits per heavy atom. The molecule has 124 valence electrons. The first-order valence-electron chi connectivity index (χ1n) is 8.95. The van der Waals surface area contributed by atoms with Crippen LogP contribution in [0.15, 0.2) is 42.5 Å². The third-order valence-corrected chi connectivity index (χ3v) is 4.99. The van der Waals surface area contributed by atoms with E-state index in [1.54, 1.807) is 0 Å². The summed E-state index contributed by atoms with van der Waals surface area (Å²) in [5.41, 5.74) is 2.85. The van der Waals surface area contributed by atoms with E-state index in [1.165, 1.54) is 24.8 Å². The van der Waals surface area contributed by atoms with Gasteiger partial charge in [0.1, 0.15) is 11.5 Å². The van der Waals surface area contributed by atoms with Crippen LogP contribution in [-0.4, -0.2) is 30.5 Å². The van der Waals surface area contributed by atoms with E-state index in [2.05, 4.69) is 16.0 Å². The van der Waals surface area contributed by atoms with Crippen molar-refractivity contribution in [3.05, 3.63) is 53.7 Å². The van der Waals surface area contributed by atoms with Gasteiger partial charge in [0.15, 0.2) is 0 Å². The highest BCUT2D eigenvalue weighted by Crippen LogP contribution is 2.28. The van der Waals surface area contributed by atoms with Crippen LogP contribution in [0.5, 0.6) is 0 Å². The molecule has 1 aromatic heterocycles. The minimum atomic E-state index is 0.0148. The molecular formula is C20H23N3O. The van der Waals surface area contributed by atoms with Crippen molar-refractivity contribution in [2.45, 2.75) is 32.1 Å². The highest BCUT2D eigenvalue weighted by atomic mass is 16.2. The summed E-state index contributed by atoms with van der Waals surface area (Å²) < 4.78 is 0. The first-order chi connectivity index (χ1) is 11.8. The van der Waals surface area contributed by atoms with E-state index in [1.807, 2.05) is 41.3 Å². The summed E-state index contributed by atoms with van der Waals surface area (Å²) in [6.45, 7) is 2.85. The van der Waals surface area contributed by atoms with Crippen LogP contribution in [0.1, 0.15) is 41.7 Å². The zero-order chi connectivity index (χ0) is 16.4. The van der Waals surface area contributed by atoms with Gasteiger partial charge in [0.05, 0.1) is 0 Å². The van der Waals surface area contributed by atoms with Crippen molar-refractivity contribution in [2.24, 2.45) is 0 Å². The van der Waals surface area contributed by atoms with Gasteiger partial charge in [-0.2, -0.15) is 0 Å². The molecule has 0 unspecified atom stereocenters. The summed E-state index contributed by atoms with van der Waals surface area (Å²) in [6.07, 6.45) is 5.76. The Morgan fingerprint density at radius 1 is 0.875 bits per heavy atom. The van der Waals surface area contributed by atoms with E-state index >= 15 is 0 Å². The summed E-state index contributed by atoms with van der Waals surface area (Å²) in [4.78, 5) is 21.9. The standard InChI is InChI=1S/C20H23N3O/c24-20(23-15-7-9-16-8-2-3-11-18(16)23)17-10-6-12-19(21-17)22-13-4-1-5-14-22/h2-3,6,8,10-12H,1,4-5,7,9,13-15H2. The van der Waals surface area contributed by atoms with Crippen LogP contribution in [0, 0.1) is 0 Å². The molecule has 4 rings (SSSR count). The lowest BCUT2D eigenvalue weighted by Crippen LogP contribution is -2.36. The van der Waals surface area contributed by atoms with Crippen molar-refractivity contribution in [3.8, 4) is 0 Å². The zero-order valence-corrected chi connectivity index (χ0v) is 13.9. The number of para-hydroxylation sites is 1. The molecule has 1 amide bonds. The Morgan fingerprint density at radius 2 is 1.71 bits per heavy atom. The lowest BCUT2D eigenvalue weighted by Gasteiger charge is -2.30. The molecule has 0 N–H and O–H groups in total. The Balaban J connectivity index is 1.61. The zero-order valence-electron chi connectivity index (χ0n) is 13.9. The first kappa shape index (κ1) is 15.2. The Labute approximate surface area is 143 Å². The number of anilines is 2. The van der Waals surface area contributed by atoms with Crippen molar-refractivity contribution in [2.75, 3.05) is 29.4 Å². The van der Waals surface area contributed by atoms with Crippen molar-refractivity contribution >= 4 is 17.4 Å². The monoisotopic (exact) mass is 321 g/mol. The summed E-state index contributed by atoms with van der Waals surface area (Å²) in [6, 6.07) is 14.0. The van der Waals surface area contributed by atoms with E-state index in [9.17, 15) is 4.79 Å². The van der Waals surface area contributed by atoms with E-state index < -0.39 is 0 Å². The lowest BCUT2D eigenvalue weighted by atomic mass is 10.0. The number of benzene rings is 1. The molecule has 4 heteroatoms. The Bertz CT molecular complexity index is 737. The number of fused-ring (bicyclic) bond motifs is 1. The molecule has 0 saturated carbocycles. The third kappa shape index (κ3) is 2.88. The number of piperidine rings is 1. The molecule has 0 bridgehead atoms. The van der Waals surface area contributed by atoms with Crippen molar-refractivity contribution < 1.29 is 4.79 Å². The number of hydrogen-bond acceptors (Lipinski definition) is 3. The second-order valence-corrected chi connectivity index (χ2v) is 6.62. The number of carbonyl (C=O) groups is 1. The molecule has 1 saturated heterocycles. The van der Waals surface area contributed by atoms with Gasteiger partial charge in [-0.15, -0.1) is 0 Å². The predicted molar refractivity (Wildman–Crippen MR) is 96.7 cm³/mol. The normalized spacial score (nSPS) is 17.5. The molecule has 2 aliphatic rings. The van der Waals surface area contributed by atoms with Gasteiger partial charge in [0.25, 0.3) is 5.91 Å². The lowest BCUT2D eigenvalue weighted by molar-refractivity contribution is 0.0980. The van der Waals surface area contributed by atoms with Crippen LogP contribution in [-0.2, 0) is 6.42 Å². The number of amides is 1. The van der Waals surface area contributed by atoms with E-state index in [-0.39, 0.29) is 5.91 Å². The molecule has 2 aromatic rings. The van der Waals surface area contributed by atoms with Crippen LogP contribution in [0.25, 0.3) is 0 Å². The molecule has 24 heavy (non-hydrogen) atoms. The highest BCUT2D eigenvalue weighted by molar-refractivity contribution is 6.05. The number of aryl methyl sites for hydroxylation is 1. The van der Waals surface area contributed by atoms with Gasteiger partial charge in [-0.3, -0.25) is 4.79 Å². The fraction of sp³-hybridized carbons (Fsp3) is 0.400. The fourth-order valence-electron chi connectivity index (χ4n) is 3.72. The number of nitrogens with zero attached hydrogens (tertiary/aromatic N) is 3. The summed E-state index contributed by atoms with van der Waals surface area (Å²) in [5, 5.41) is 0. The van der Waals surface area contributed by atoms with Gasteiger partial charge in [-0.05, 0) is 55.9 Å². The van der Waals surface area contributed by atoms with Gasteiger partial charge < -0.3 is 9.80 Å². The number of hydrogen-bond donors (Lipinski definition) is 0. The molecular weight excluding hydrogens is 298 g/mol. The van der Waals surface area contributed by atoms with Crippen molar-refractivity contribution in [3.63, 3.8) is 0 Å². The van der Waals surface area contributed by atoms with E-state index in [0.717, 1.165) is 44.0 Å². The highest BCUT2D eigenvalue weighted by Gasteiger charge is 2.24. The maximum atomic E-state index is 13.0. The van der Waals surface area contributed by atoms with Gasteiger partial charge in [0.2, 0.25) is 0 Å². The third-order valence-electron chi connectivity index (χ3n) is 4.99. The quantitative estimate of drug-likeness (QED) is 0.847. The number of carbonyl (C=O) groups excluding carboxylic acids is 1. The number of rotatable bonds is 2. The summed E-state index contributed by atoms with van der Waals surface area (Å²) in [7, 11) is 0. The molecule has 0 aliphatic carbocycles. The molecule has 2 aliphatic heterocycles. The maximum absolute atomic E-state index is 13.0. The Kier molecular flexibility index (Phi) is 4.20. The average molecular weight is 321 g/mol. The molecule has 0 spiro atoms. The predicted octanol–water partition coefficient (Wildman–Crippen LogP) is 3.66. The smallest absolute Gasteiger partial charge is 0.276 e. The second-order valence-electron chi connectivity index (χ2n) is 6.62. The Hall–Kier alpha value is -2.36. The van der Waals surface area contributed by atoms with Gasteiger partial charge in [-0.25, -0.2) is 4.98 Å². The largest absolute Gasteiger partial charge is 0.357 e. The minimum Gasteiger partial charge on any atom is -0.357 e. The molecule has 0 radical (unpaired) electrons. The van der Waals surface area contributed by atoms with Gasteiger partial charge in [-0.1, -0.05) is 24.3 Å². The van der Waals surface area contributed by atoms with Gasteiger partial charge >= 0.3 is 0 Å². The van der Waals surface area contributed by atoms with E-state index in [0.29, 0.717) is 5.69 Å². The van der Waals surface area contributed by atoms with Crippen LogP contribution < -0.4 is 9.80 Å². The number of pyridine rings is 1. The van der Waals surface area contributed by atoms with Crippen molar-refractivity contribution in [1.82, 2.24) is 4.98 Å². The average Bonchev–Trinajstić information content (AvgIpc) is 2.68. The number of aromatic nitrogens is 1. The topological polar surface area (TPSA) is 36.4 Å². The van der Waals surface area contributed by atoms with Crippen LogP contribution in [0.3, 0.4) is 0 Å². The maximum Gasteiger partial charge on any atom is 0.276 e. The summed E-state index contributed by atoms with van der Waals surface area (Å²) >= 11 is 0. The molecule has 0 atom stereocenters. The molecule has 1 fully saturated rings. The SMILES string of the molecule is O=C(c1cccc(N2CCCCC2)n1)N1CCCc2ccccc21. The minimum absolute atomic E-state index is 0.0148. The van der Waals surface area contributed by atoms with E-state index in [4.69, 9.17) is 0 Å². The second kappa shape index (κ2) is 6.63. The molecule has 3 heterocycles. The van der Waals surface area contributed by atoms with Crippen LogP contribution in [0.2, 0.25) is 0 Å². The fourth-order valence-corrected chi connectivity index (χ4v) is 3.72. The molecule has 4 nitrogen and oxygen atoms in total. The molecule has 1 aromatic carbocycles. The van der Waals surface area contributed by atoms with Crippen molar-refractivity contribution in [1.29, 1.82) is 0 Å². The first-order valence-corrected chi connectivity index (χ1v) is 8.95. The van der Waals surface area contributed by atoms with Crippen LogP contribution in [0.4, 0.5) is 11.5 Å².